The van der Waals surface area contributed by atoms with Crippen LogP contribution in [0.4, 0.5) is 5.69 Å². The highest BCUT2D eigenvalue weighted by molar-refractivity contribution is 6.74. The van der Waals surface area contributed by atoms with Gasteiger partial charge in [-0.2, -0.15) is 0 Å². The number of rotatable bonds is 7. The molecule has 1 aliphatic rings. The van der Waals surface area contributed by atoms with Gasteiger partial charge in [-0.3, -0.25) is 19.7 Å². The van der Waals surface area contributed by atoms with Crippen LogP contribution in [0.5, 0.6) is 0 Å². The summed E-state index contributed by atoms with van der Waals surface area (Å²) in [6.45, 7) is 14.0. The van der Waals surface area contributed by atoms with Gasteiger partial charge in [0.15, 0.2) is 0 Å². The molecule has 1 saturated heterocycles. The summed E-state index contributed by atoms with van der Waals surface area (Å²) in [5.74, 6) is -1.15. The molecule has 0 amide bonds. The molecule has 1 aliphatic heterocycles. The molecule has 0 unspecified atom stereocenters. The van der Waals surface area contributed by atoms with Gasteiger partial charge in [-0.25, -0.2) is 4.79 Å². The van der Waals surface area contributed by atoms with Crippen LogP contribution in [0.1, 0.15) is 57.8 Å². The summed E-state index contributed by atoms with van der Waals surface area (Å²) in [6, 6.07) is 4.42. The molecule has 2 rings (SSSR count). The maximum atomic E-state index is 12.9. The number of nitro benzene ring substituents is 1. The Morgan fingerprint density at radius 3 is 2.30 bits per heavy atom. The minimum Gasteiger partial charge on any atom is -0.469 e. The predicted octanol–water partition coefficient (Wildman–Crippen LogP) is 4.40. The van der Waals surface area contributed by atoms with Gasteiger partial charge in [-0.15, -0.1) is 0 Å². The molecule has 1 aromatic carbocycles. The van der Waals surface area contributed by atoms with Crippen molar-refractivity contribution in [3.05, 3.63) is 39.9 Å². The molecule has 1 heterocycles. The van der Waals surface area contributed by atoms with Crippen LogP contribution in [0.2, 0.25) is 18.1 Å². The van der Waals surface area contributed by atoms with E-state index in [4.69, 9.17) is 18.8 Å². The molecular formula is C22H34N2O8Si. The van der Waals surface area contributed by atoms with Crippen molar-refractivity contribution < 1.29 is 33.4 Å². The van der Waals surface area contributed by atoms with Crippen LogP contribution in [-0.4, -0.2) is 55.3 Å². The normalized spacial score (nSPS) is 21.3. The number of hydrogen-bond acceptors (Lipinski definition) is 9. The Hall–Kier alpha value is -2.34. The van der Waals surface area contributed by atoms with Crippen molar-refractivity contribution in [2.75, 3.05) is 7.11 Å². The number of benzene rings is 1. The number of hydrogen-bond donors (Lipinski definition) is 0. The number of nitrogens with zero attached hydrogens (tertiary/aromatic N) is 2. The van der Waals surface area contributed by atoms with Gasteiger partial charge < -0.3 is 14.0 Å². The average molecular weight is 483 g/mol. The number of ether oxygens (including phenoxy) is 2. The monoisotopic (exact) mass is 482 g/mol. The first-order valence-corrected chi connectivity index (χ1v) is 13.7. The third-order valence-corrected chi connectivity index (χ3v) is 10.3. The number of methoxy groups -OCH3 is 1. The Morgan fingerprint density at radius 1 is 1.24 bits per heavy atom. The minimum atomic E-state index is -2.36. The summed E-state index contributed by atoms with van der Waals surface area (Å²) in [4.78, 5) is 41.5. The molecular weight excluding hydrogens is 448 g/mol. The van der Waals surface area contributed by atoms with Crippen LogP contribution in [0, 0.1) is 10.1 Å². The zero-order valence-electron chi connectivity index (χ0n) is 20.5. The minimum absolute atomic E-state index is 0.112. The van der Waals surface area contributed by atoms with E-state index in [1.165, 1.54) is 36.6 Å². The predicted molar refractivity (Wildman–Crippen MR) is 123 cm³/mol. The lowest BCUT2D eigenvalue weighted by molar-refractivity contribution is -0.419. The molecule has 11 heteroatoms. The smallest absolute Gasteiger partial charge is 0.338 e. The lowest BCUT2D eigenvalue weighted by atomic mass is 9.93. The van der Waals surface area contributed by atoms with Crippen LogP contribution in [-0.2, 0) is 23.6 Å². The quantitative estimate of drug-likeness (QED) is 0.241. The van der Waals surface area contributed by atoms with Crippen molar-refractivity contribution in [3.8, 4) is 0 Å². The SMILES string of the molecule is COC(=O)C[C@@H]1[C@H](OC(=O)c2ccc([N+](=O)[O-])cc2)CC(C)(C)ON1O[Si](C)(C)C(C)(C)C. The van der Waals surface area contributed by atoms with Crippen LogP contribution in [0.3, 0.4) is 0 Å². The molecule has 0 aromatic heterocycles. The van der Waals surface area contributed by atoms with Gasteiger partial charge in [-0.1, -0.05) is 26.0 Å². The molecule has 0 aliphatic carbocycles. The lowest BCUT2D eigenvalue weighted by Crippen LogP contribution is -2.60. The average Bonchev–Trinajstić information content (AvgIpc) is 2.68. The largest absolute Gasteiger partial charge is 0.469 e. The molecule has 184 valence electrons. The van der Waals surface area contributed by atoms with Crippen LogP contribution in [0.15, 0.2) is 24.3 Å². The molecule has 0 N–H and O–H groups in total. The van der Waals surface area contributed by atoms with E-state index in [9.17, 15) is 19.7 Å². The molecule has 0 bridgehead atoms. The maximum absolute atomic E-state index is 12.9. The van der Waals surface area contributed by atoms with Gasteiger partial charge in [0, 0.05) is 18.6 Å². The molecule has 33 heavy (non-hydrogen) atoms. The van der Waals surface area contributed by atoms with E-state index in [0.29, 0.717) is 6.42 Å². The van der Waals surface area contributed by atoms with Crippen molar-refractivity contribution in [2.24, 2.45) is 0 Å². The molecule has 1 fully saturated rings. The fraction of sp³-hybridized carbons (Fsp3) is 0.636. The number of carbonyl (C=O) groups is 2. The highest BCUT2D eigenvalue weighted by Gasteiger charge is 2.49. The molecule has 0 spiro atoms. The number of esters is 2. The second-order valence-electron chi connectivity index (χ2n) is 10.3. The van der Waals surface area contributed by atoms with Crippen molar-refractivity contribution in [1.29, 1.82) is 0 Å². The molecule has 10 nitrogen and oxygen atoms in total. The number of nitro groups is 1. The van der Waals surface area contributed by atoms with Crippen molar-refractivity contribution in [1.82, 2.24) is 5.23 Å². The van der Waals surface area contributed by atoms with Crippen molar-refractivity contribution in [2.45, 2.75) is 83.3 Å². The lowest BCUT2D eigenvalue weighted by Gasteiger charge is -2.49. The Labute approximate surface area is 195 Å². The van der Waals surface area contributed by atoms with Gasteiger partial charge in [-0.05, 0) is 44.1 Å². The third kappa shape index (κ3) is 6.82. The standard InChI is InChI=1S/C22H34N2O8Si/c1-21(2,3)33(7,8)32-24-17(13-19(25)29-6)18(14-22(4,5)31-24)30-20(26)15-9-11-16(12-10-15)23(27)28/h9-12,17-18H,13-14H2,1-8H3/t17-,18-/m1/s1. The van der Waals surface area contributed by atoms with Gasteiger partial charge in [0.25, 0.3) is 5.69 Å². The summed E-state index contributed by atoms with van der Waals surface area (Å²) >= 11 is 0. The first kappa shape index (κ1) is 26.9. The van der Waals surface area contributed by atoms with Crippen molar-refractivity contribution >= 4 is 25.9 Å². The molecule has 2 atom stereocenters. The number of hydroxylamine groups is 2. The highest BCUT2D eigenvalue weighted by Crippen LogP contribution is 2.41. The Morgan fingerprint density at radius 2 is 1.82 bits per heavy atom. The maximum Gasteiger partial charge on any atom is 0.338 e. The van der Waals surface area contributed by atoms with E-state index in [2.05, 4.69) is 20.8 Å². The summed E-state index contributed by atoms with van der Waals surface area (Å²) in [5, 5.41) is 12.1. The first-order valence-electron chi connectivity index (χ1n) is 10.8. The third-order valence-electron chi connectivity index (χ3n) is 6.03. The molecule has 0 saturated carbocycles. The van der Waals surface area contributed by atoms with Crippen LogP contribution >= 0.6 is 0 Å². The summed E-state index contributed by atoms with van der Waals surface area (Å²) in [5.41, 5.74) is -0.704. The van der Waals surface area contributed by atoms with Crippen LogP contribution < -0.4 is 0 Å². The van der Waals surface area contributed by atoms with E-state index in [1.807, 2.05) is 26.9 Å². The van der Waals surface area contributed by atoms with E-state index < -0.39 is 42.9 Å². The van der Waals surface area contributed by atoms with Gasteiger partial charge in [0.2, 0.25) is 8.32 Å². The number of non-ortho nitro benzene ring substituents is 1. The van der Waals surface area contributed by atoms with E-state index in [0.717, 1.165) is 0 Å². The van der Waals surface area contributed by atoms with E-state index in [1.54, 1.807) is 0 Å². The highest BCUT2D eigenvalue weighted by atomic mass is 28.4. The molecule has 1 aromatic rings. The Balaban J connectivity index is 2.34. The van der Waals surface area contributed by atoms with Gasteiger partial charge >= 0.3 is 11.9 Å². The zero-order chi connectivity index (χ0) is 25.2. The summed E-state index contributed by atoms with van der Waals surface area (Å²) in [7, 11) is -1.08. The Kier molecular flexibility index (Phi) is 8.05. The number of carbonyl (C=O) groups excluding carboxylic acids is 2. The van der Waals surface area contributed by atoms with Gasteiger partial charge in [0.1, 0.15) is 12.1 Å². The zero-order valence-corrected chi connectivity index (χ0v) is 21.5. The summed E-state index contributed by atoms with van der Waals surface area (Å²) in [6.07, 6.45) is -0.551. The van der Waals surface area contributed by atoms with E-state index in [-0.39, 0.29) is 22.7 Å². The fourth-order valence-electron chi connectivity index (χ4n) is 3.06. The fourth-order valence-corrected chi connectivity index (χ4v) is 3.95. The van der Waals surface area contributed by atoms with Gasteiger partial charge in [0.05, 0.1) is 29.6 Å². The topological polar surface area (TPSA) is 117 Å². The first-order chi connectivity index (χ1) is 15.1. The van der Waals surface area contributed by atoms with E-state index >= 15 is 0 Å². The van der Waals surface area contributed by atoms with Crippen LogP contribution in [0.25, 0.3) is 0 Å². The second kappa shape index (κ2) is 9.88. The summed E-state index contributed by atoms with van der Waals surface area (Å²) < 4.78 is 17.0. The van der Waals surface area contributed by atoms with Crippen molar-refractivity contribution in [3.63, 3.8) is 0 Å². The molecule has 0 radical (unpaired) electrons. The Bertz CT molecular complexity index is 879. The second-order valence-corrected chi connectivity index (χ2v) is 15.0.